The predicted molar refractivity (Wildman–Crippen MR) is 138 cm³/mol. The third-order valence-corrected chi connectivity index (χ3v) is 6.48. The Morgan fingerprint density at radius 2 is 1.58 bits per heavy atom. The highest BCUT2D eigenvalue weighted by molar-refractivity contribution is 6.30. The minimum Gasteiger partial charge on any atom is -0.369 e. The zero-order valence-electron chi connectivity index (χ0n) is 18.7. The number of nitrogens with one attached hydrogen (secondary N) is 1. The molecule has 1 aromatic heterocycles. The van der Waals surface area contributed by atoms with Crippen molar-refractivity contribution in [1.82, 2.24) is 9.47 Å². The summed E-state index contributed by atoms with van der Waals surface area (Å²) < 4.78 is 1.79. The third-order valence-electron chi connectivity index (χ3n) is 6.25. The lowest BCUT2D eigenvalue weighted by Crippen LogP contribution is -2.44. The fourth-order valence-electron chi connectivity index (χ4n) is 4.33. The van der Waals surface area contributed by atoms with Gasteiger partial charge in [0, 0.05) is 54.3 Å². The van der Waals surface area contributed by atoms with E-state index in [1.807, 2.05) is 48.5 Å². The van der Waals surface area contributed by atoms with E-state index >= 15 is 0 Å². The molecule has 1 saturated heterocycles. The Labute approximate surface area is 198 Å². The summed E-state index contributed by atoms with van der Waals surface area (Å²) in [6, 6.07) is 25.8. The smallest absolute Gasteiger partial charge is 0.251 e. The van der Waals surface area contributed by atoms with Crippen LogP contribution in [0.5, 0.6) is 0 Å². The lowest BCUT2D eigenvalue weighted by molar-refractivity contribution is 0.313. The van der Waals surface area contributed by atoms with Crippen LogP contribution < -0.4 is 15.8 Å². The molecular formula is C27H27ClN4O. The van der Waals surface area contributed by atoms with Gasteiger partial charge < -0.3 is 19.7 Å². The summed E-state index contributed by atoms with van der Waals surface area (Å²) in [5, 5.41) is 5.18. The van der Waals surface area contributed by atoms with Gasteiger partial charge in [-0.2, -0.15) is 0 Å². The van der Waals surface area contributed by atoms with Crippen molar-refractivity contribution < 1.29 is 0 Å². The number of anilines is 3. The van der Waals surface area contributed by atoms with Crippen LogP contribution in [-0.2, 0) is 6.54 Å². The van der Waals surface area contributed by atoms with Crippen molar-refractivity contribution in [2.75, 3.05) is 43.4 Å². The number of pyridine rings is 1. The van der Waals surface area contributed by atoms with E-state index in [1.54, 1.807) is 10.6 Å². The van der Waals surface area contributed by atoms with E-state index < -0.39 is 0 Å². The third kappa shape index (κ3) is 4.90. The Kier molecular flexibility index (Phi) is 6.07. The first kappa shape index (κ1) is 21.6. The summed E-state index contributed by atoms with van der Waals surface area (Å²) in [6.45, 7) is 4.76. The van der Waals surface area contributed by atoms with Crippen LogP contribution in [0.4, 0.5) is 17.1 Å². The van der Waals surface area contributed by atoms with E-state index in [-0.39, 0.29) is 5.56 Å². The van der Waals surface area contributed by atoms with Crippen molar-refractivity contribution in [1.29, 1.82) is 0 Å². The Balaban J connectivity index is 1.39. The first-order chi connectivity index (χ1) is 16.0. The number of nitrogens with zero attached hydrogens (tertiary/aromatic N) is 3. The van der Waals surface area contributed by atoms with Crippen molar-refractivity contribution in [3.05, 3.63) is 99.8 Å². The van der Waals surface area contributed by atoms with Crippen molar-refractivity contribution in [3.8, 4) is 0 Å². The van der Waals surface area contributed by atoms with Gasteiger partial charge in [-0.1, -0.05) is 29.8 Å². The highest BCUT2D eigenvalue weighted by Crippen LogP contribution is 2.25. The van der Waals surface area contributed by atoms with Gasteiger partial charge >= 0.3 is 0 Å². The van der Waals surface area contributed by atoms with Crippen molar-refractivity contribution in [3.63, 3.8) is 0 Å². The van der Waals surface area contributed by atoms with Gasteiger partial charge in [0.25, 0.3) is 5.56 Å². The summed E-state index contributed by atoms with van der Waals surface area (Å²) in [5.41, 5.74) is 5.07. The van der Waals surface area contributed by atoms with E-state index in [0.717, 1.165) is 54.0 Å². The number of hydrogen-bond donors (Lipinski definition) is 1. The molecule has 0 radical (unpaired) electrons. The maximum atomic E-state index is 12.7. The number of aromatic nitrogens is 1. The minimum atomic E-state index is -0.0313. The number of hydrogen-bond acceptors (Lipinski definition) is 4. The van der Waals surface area contributed by atoms with Gasteiger partial charge in [-0.25, -0.2) is 0 Å². The number of fused-ring (bicyclic) bond motifs is 1. The summed E-state index contributed by atoms with van der Waals surface area (Å²) in [5.74, 6) is 0. The molecule has 1 aliphatic heterocycles. The average molecular weight is 459 g/mol. The van der Waals surface area contributed by atoms with Crippen LogP contribution in [0, 0.1) is 0 Å². The lowest BCUT2D eigenvalue weighted by atomic mass is 10.1. The molecule has 0 unspecified atom stereocenters. The molecule has 5 rings (SSSR count). The molecule has 2 heterocycles. The SMILES string of the molecule is CN1CCN(c2ccc(Nc3ccc4ccc(=O)n(Cc5cccc(Cl)c5)c4c3)cc2)CC1. The van der Waals surface area contributed by atoms with Crippen LogP contribution in [0.3, 0.4) is 0 Å². The molecule has 4 aromatic rings. The molecule has 0 amide bonds. The van der Waals surface area contributed by atoms with E-state index in [2.05, 4.69) is 46.4 Å². The molecule has 1 N–H and O–H groups in total. The van der Waals surface area contributed by atoms with Gasteiger partial charge in [-0.15, -0.1) is 0 Å². The number of piperazine rings is 1. The van der Waals surface area contributed by atoms with Gasteiger partial charge in [0.15, 0.2) is 0 Å². The second-order valence-electron chi connectivity index (χ2n) is 8.62. The van der Waals surface area contributed by atoms with Gasteiger partial charge in [0.2, 0.25) is 0 Å². The van der Waals surface area contributed by atoms with Crippen LogP contribution in [0.2, 0.25) is 5.02 Å². The van der Waals surface area contributed by atoms with E-state index in [4.69, 9.17) is 11.6 Å². The molecule has 3 aromatic carbocycles. The Morgan fingerprint density at radius 3 is 2.33 bits per heavy atom. The molecule has 1 aliphatic rings. The maximum Gasteiger partial charge on any atom is 0.251 e. The van der Waals surface area contributed by atoms with Crippen LogP contribution in [0.25, 0.3) is 10.9 Å². The summed E-state index contributed by atoms with van der Waals surface area (Å²) >= 11 is 6.15. The van der Waals surface area contributed by atoms with Gasteiger partial charge in [-0.3, -0.25) is 4.79 Å². The van der Waals surface area contributed by atoms with Crippen molar-refractivity contribution in [2.45, 2.75) is 6.54 Å². The standard InChI is InChI=1S/C27H27ClN4O/c1-30-13-15-31(16-14-30)25-10-8-23(9-11-25)29-24-7-5-21-6-12-27(33)32(26(21)18-24)19-20-3-2-4-22(28)17-20/h2-12,17-18,29H,13-16,19H2,1H3. The van der Waals surface area contributed by atoms with Crippen LogP contribution in [-0.4, -0.2) is 42.7 Å². The van der Waals surface area contributed by atoms with Crippen molar-refractivity contribution >= 4 is 39.6 Å². The van der Waals surface area contributed by atoms with Crippen LogP contribution >= 0.6 is 11.6 Å². The molecule has 0 atom stereocenters. The van der Waals surface area contributed by atoms with Crippen LogP contribution in [0.1, 0.15) is 5.56 Å². The number of halogens is 1. The highest BCUT2D eigenvalue weighted by Gasteiger charge is 2.14. The zero-order valence-corrected chi connectivity index (χ0v) is 19.4. The molecule has 0 saturated carbocycles. The topological polar surface area (TPSA) is 40.5 Å². The zero-order chi connectivity index (χ0) is 22.8. The maximum absolute atomic E-state index is 12.7. The molecule has 6 heteroatoms. The molecule has 5 nitrogen and oxygen atoms in total. The van der Waals surface area contributed by atoms with Crippen molar-refractivity contribution in [2.24, 2.45) is 0 Å². The molecule has 0 aliphatic carbocycles. The average Bonchev–Trinajstić information content (AvgIpc) is 2.82. The molecule has 0 spiro atoms. The van der Waals surface area contributed by atoms with Gasteiger partial charge in [0.05, 0.1) is 12.1 Å². The first-order valence-electron chi connectivity index (χ1n) is 11.2. The van der Waals surface area contributed by atoms with E-state index in [0.29, 0.717) is 11.6 Å². The largest absolute Gasteiger partial charge is 0.369 e. The van der Waals surface area contributed by atoms with Gasteiger partial charge in [0.1, 0.15) is 0 Å². The molecule has 1 fully saturated rings. The summed E-state index contributed by atoms with van der Waals surface area (Å²) in [4.78, 5) is 17.5. The Bertz CT molecular complexity index is 1320. The fraction of sp³-hybridized carbons (Fsp3) is 0.222. The first-order valence-corrected chi connectivity index (χ1v) is 11.6. The number of likely N-dealkylation sites (N-methyl/N-ethyl adjacent to an activating group) is 1. The molecular weight excluding hydrogens is 432 g/mol. The quantitative estimate of drug-likeness (QED) is 0.446. The normalized spacial score (nSPS) is 14.5. The highest BCUT2D eigenvalue weighted by atomic mass is 35.5. The van der Waals surface area contributed by atoms with E-state index in [1.165, 1.54) is 5.69 Å². The lowest BCUT2D eigenvalue weighted by Gasteiger charge is -2.34. The second-order valence-corrected chi connectivity index (χ2v) is 9.06. The minimum absolute atomic E-state index is 0.0313. The van der Waals surface area contributed by atoms with Gasteiger partial charge in [-0.05, 0) is 72.6 Å². The Hall–Kier alpha value is -3.28. The molecule has 33 heavy (non-hydrogen) atoms. The van der Waals surface area contributed by atoms with E-state index in [9.17, 15) is 4.79 Å². The second kappa shape index (κ2) is 9.30. The molecule has 168 valence electrons. The fourth-order valence-corrected chi connectivity index (χ4v) is 4.55. The summed E-state index contributed by atoms with van der Waals surface area (Å²) in [7, 11) is 2.17. The number of benzene rings is 3. The summed E-state index contributed by atoms with van der Waals surface area (Å²) in [6.07, 6.45) is 0. The number of rotatable bonds is 5. The monoisotopic (exact) mass is 458 g/mol. The predicted octanol–water partition coefficient (Wildman–Crippen LogP) is 5.20. The van der Waals surface area contributed by atoms with Crippen LogP contribution in [0.15, 0.2) is 83.7 Å². The Morgan fingerprint density at radius 1 is 0.848 bits per heavy atom. The molecule has 0 bridgehead atoms.